The highest BCUT2D eigenvalue weighted by molar-refractivity contribution is 4.58. The molecule has 0 aliphatic heterocycles. The maximum atomic E-state index is 9.30. The summed E-state index contributed by atoms with van der Waals surface area (Å²) in [5, 5.41) is 12.3. The average molecular weight is 159 g/mol. The zero-order valence-electron chi connectivity index (χ0n) is 7.93. The van der Waals surface area contributed by atoms with Crippen molar-refractivity contribution in [3.8, 4) is 0 Å². The summed E-state index contributed by atoms with van der Waals surface area (Å²) in [4.78, 5) is 0. The van der Waals surface area contributed by atoms with Crippen molar-refractivity contribution in [2.45, 2.75) is 39.2 Å². The first-order chi connectivity index (χ1) is 5.16. The first-order valence-electron chi connectivity index (χ1n) is 4.49. The van der Waals surface area contributed by atoms with E-state index < -0.39 is 0 Å². The molecule has 0 rings (SSSR count). The predicted molar refractivity (Wildman–Crippen MR) is 48.6 cm³/mol. The Hall–Kier alpha value is -0.0800. The fraction of sp³-hybridized carbons (Fsp3) is 1.00. The van der Waals surface area contributed by atoms with Crippen LogP contribution in [-0.4, -0.2) is 24.8 Å². The summed E-state index contributed by atoms with van der Waals surface area (Å²) in [7, 11) is 1.87. The van der Waals surface area contributed by atoms with E-state index in [-0.39, 0.29) is 6.10 Å². The average Bonchev–Trinajstić information content (AvgIpc) is 1.87. The van der Waals surface area contributed by atoms with Gasteiger partial charge in [-0.2, -0.15) is 0 Å². The van der Waals surface area contributed by atoms with E-state index in [1.165, 1.54) is 6.42 Å². The number of rotatable bonds is 6. The van der Waals surface area contributed by atoms with Gasteiger partial charge in [-0.25, -0.2) is 0 Å². The molecule has 0 aromatic heterocycles. The fourth-order valence-electron chi connectivity index (χ4n) is 1.10. The molecule has 0 aliphatic rings. The normalized spacial score (nSPS) is 13.9. The van der Waals surface area contributed by atoms with Gasteiger partial charge in [-0.1, -0.05) is 26.7 Å². The SMILES string of the molecule is CNCC(O)CCCC(C)C. The lowest BCUT2D eigenvalue weighted by Gasteiger charge is -2.10. The highest BCUT2D eigenvalue weighted by Crippen LogP contribution is 2.07. The minimum absolute atomic E-state index is 0.154. The van der Waals surface area contributed by atoms with E-state index in [0.29, 0.717) is 0 Å². The lowest BCUT2D eigenvalue weighted by molar-refractivity contribution is 0.159. The Kier molecular flexibility index (Phi) is 6.57. The molecule has 0 aromatic rings. The molecule has 0 saturated carbocycles. The lowest BCUT2D eigenvalue weighted by Crippen LogP contribution is -2.23. The Morgan fingerprint density at radius 3 is 2.36 bits per heavy atom. The molecule has 0 saturated heterocycles. The number of hydrogen-bond acceptors (Lipinski definition) is 2. The van der Waals surface area contributed by atoms with E-state index in [9.17, 15) is 5.11 Å². The molecule has 11 heavy (non-hydrogen) atoms. The molecule has 2 nitrogen and oxygen atoms in total. The van der Waals surface area contributed by atoms with Gasteiger partial charge < -0.3 is 10.4 Å². The number of likely N-dealkylation sites (N-methyl/N-ethyl adjacent to an activating group) is 1. The smallest absolute Gasteiger partial charge is 0.0664 e. The van der Waals surface area contributed by atoms with Crippen molar-refractivity contribution in [3.63, 3.8) is 0 Å². The van der Waals surface area contributed by atoms with Gasteiger partial charge in [0.05, 0.1) is 6.10 Å². The maximum Gasteiger partial charge on any atom is 0.0664 e. The summed E-state index contributed by atoms with van der Waals surface area (Å²) in [5.74, 6) is 0.761. The van der Waals surface area contributed by atoms with Gasteiger partial charge in [0.1, 0.15) is 0 Å². The topological polar surface area (TPSA) is 32.3 Å². The Bertz CT molecular complexity index is 83.6. The summed E-state index contributed by atoms with van der Waals surface area (Å²) in [6.45, 7) is 5.15. The van der Waals surface area contributed by atoms with E-state index in [1.807, 2.05) is 7.05 Å². The molecule has 0 spiro atoms. The van der Waals surface area contributed by atoms with Crippen molar-refractivity contribution in [2.75, 3.05) is 13.6 Å². The van der Waals surface area contributed by atoms with Crippen LogP contribution in [-0.2, 0) is 0 Å². The minimum atomic E-state index is -0.154. The molecule has 1 atom stereocenters. The number of aliphatic hydroxyl groups is 1. The van der Waals surface area contributed by atoms with Crippen molar-refractivity contribution < 1.29 is 5.11 Å². The summed E-state index contributed by atoms with van der Waals surface area (Å²) in [6.07, 6.45) is 3.14. The van der Waals surface area contributed by atoms with Crippen LogP contribution in [0.15, 0.2) is 0 Å². The third-order valence-electron chi connectivity index (χ3n) is 1.76. The highest BCUT2D eigenvalue weighted by Gasteiger charge is 2.02. The second-order valence-corrected chi connectivity index (χ2v) is 3.54. The molecule has 0 heterocycles. The summed E-state index contributed by atoms with van der Waals surface area (Å²) < 4.78 is 0. The number of hydrogen-bond donors (Lipinski definition) is 2. The van der Waals surface area contributed by atoms with Crippen molar-refractivity contribution in [1.82, 2.24) is 5.32 Å². The molecule has 2 N–H and O–H groups in total. The van der Waals surface area contributed by atoms with Gasteiger partial charge in [-0.3, -0.25) is 0 Å². The van der Waals surface area contributed by atoms with E-state index in [0.717, 1.165) is 25.3 Å². The second kappa shape index (κ2) is 6.62. The van der Waals surface area contributed by atoms with E-state index >= 15 is 0 Å². The van der Waals surface area contributed by atoms with Gasteiger partial charge in [-0.15, -0.1) is 0 Å². The second-order valence-electron chi connectivity index (χ2n) is 3.54. The van der Waals surface area contributed by atoms with E-state index in [1.54, 1.807) is 0 Å². The van der Waals surface area contributed by atoms with E-state index in [4.69, 9.17) is 0 Å². The molecule has 68 valence electrons. The predicted octanol–water partition coefficient (Wildman–Crippen LogP) is 1.39. The third-order valence-corrected chi connectivity index (χ3v) is 1.76. The zero-order chi connectivity index (χ0) is 8.69. The standard InChI is InChI=1S/C9H21NO/c1-8(2)5-4-6-9(11)7-10-3/h8-11H,4-7H2,1-3H3. The summed E-state index contributed by atoms with van der Waals surface area (Å²) in [5.41, 5.74) is 0. The van der Waals surface area contributed by atoms with Crippen molar-refractivity contribution >= 4 is 0 Å². The Morgan fingerprint density at radius 2 is 1.91 bits per heavy atom. The van der Waals surface area contributed by atoms with Crippen LogP contribution in [0.1, 0.15) is 33.1 Å². The maximum absolute atomic E-state index is 9.30. The first-order valence-corrected chi connectivity index (χ1v) is 4.49. The molecule has 0 fully saturated rings. The van der Waals surface area contributed by atoms with Crippen LogP contribution < -0.4 is 5.32 Å². The molecular formula is C9H21NO. The molecule has 1 unspecified atom stereocenters. The monoisotopic (exact) mass is 159 g/mol. The van der Waals surface area contributed by atoms with Crippen molar-refractivity contribution in [1.29, 1.82) is 0 Å². The van der Waals surface area contributed by atoms with Crippen LogP contribution in [0, 0.1) is 5.92 Å². The van der Waals surface area contributed by atoms with Gasteiger partial charge in [0.15, 0.2) is 0 Å². The van der Waals surface area contributed by atoms with Gasteiger partial charge in [0.25, 0.3) is 0 Å². The molecule has 0 aromatic carbocycles. The van der Waals surface area contributed by atoms with Crippen molar-refractivity contribution in [3.05, 3.63) is 0 Å². The molecular weight excluding hydrogens is 138 g/mol. The van der Waals surface area contributed by atoms with Crippen LogP contribution in [0.5, 0.6) is 0 Å². The van der Waals surface area contributed by atoms with Gasteiger partial charge in [-0.05, 0) is 19.4 Å². The fourth-order valence-corrected chi connectivity index (χ4v) is 1.10. The number of aliphatic hydroxyl groups excluding tert-OH is 1. The van der Waals surface area contributed by atoms with Crippen LogP contribution >= 0.6 is 0 Å². The van der Waals surface area contributed by atoms with Crippen LogP contribution in [0.4, 0.5) is 0 Å². The third kappa shape index (κ3) is 7.82. The van der Waals surface area contributed by atoms with E-state index in [2.05, 4.69) is 19.2 Å². The van der Waals surface area contributed by atoms with Gasteiger partial charge >= 0.3 is 0 Å². The van der Waals surface area contributed by atoms with Gasteiger partial charge in [0, 0.05) is 6.54 Å². The Balaban J connectivity index is 3.10. The Morgan fingerprint density at radius 1 is 1.27 bits per heavy atom. The first kappa shape index (κ1) is 10.9. The molecule has 0 bridgehead atoms. The van der Waals surface area contributed by atoms with Gasteiger partial charge in [0.2, 0.25) is 0 Å². The van der Waals surface area contributed by atoms with Crippen molar-refractivity contribution in [2.24, 2.45) is 5.92 Å². The zero-order valence-corrected chi connectivity index (χ0v) is 7.93. The molecule has 0 aliphatic carbocycles. The minimum Gasteiger partial charge on any atom is -0.392 e. The molecule has 0 amide bonds. The van der Waals surface area contributed by atoms with Crippen LogP contribution in [0.2, 0.25) is 0 Å². The molecule has 2 heteroatoms. The summed E-state index contributed by atoms with van der Waals surface area (Å²) in [6, 6.07) is 0. The number of nitrogens with one attached hydrogen (secondary N) is 1. The van der Waals surface area contributed by atoms with Crippen LogP contribution in [0.3, 0.4) is 0 Å². The highest BCUT2D eigenvalue weighted by atomic mass is 16.3. The summed E-state index contributed by atoms with van der Waals surface area (Å²) >= 11 is 0. The largest absolute Gasteiger partial charge is 0.392 e. The quantitative estimate of drug-likeness (QED) is 0.614. The Labute approximate surface area is 70.0 Å². The lowest BCUT2D eigenvalue weighted by atomic mass is 10.0. The van der Waals surface area contributed by atoms with Crippen LogP contribution in [0.25, 0.3) is 0 Å². The molecule has 0 radical (unpaired) electrons.